The lowest BCUT2D eigenvalue weighted by Gasteiger charge is -2.40. The van der Waals surface area contributed by atoms with Crippen molar-refractivity contribution in [3.8, 4) is 0 Å². The fraction of sp³-hybridized carbons (Fsp3) is 0.588. The zero-order chi connectivity index (χ0) is 17.9. The highest BCUT2D eigenvalue weighted by molar-refractivity contribution is 7.86. The minimum absolute atomic E-state index is 0.115. The Morgan fingerprint density at radius 1 is 1.04 bits per heavy atom. The molecule has 2 aliphatic rings. The van der Waals surface area contributed by atoms with Gasteiger partial charge in [0, 0.05) is 32.7 Å². The number of hydrogen-bond donors (Lipinski definition) is 1. The molecule has 1 amide bonds. The van der Waals surface area contributed by atoms with Gasteiger partial charge in [-0.05, 0) is 24.9 Å². The maximum atomic E-state index is 13.0. The average molecular weight is 366 g/mol. The Bertz CT molecular complexity index is 687. The molecule has 2 saturated heterocycles. The van der Waals surface area contributed by atoms with Gasteiger partial charge in [-0.2, -0.15) is 12.7 Å². The predicted octanol–water partition coefficient (Wildman–Crippen LogP) is 0.389. The Hall–Kier alpha value is -1.48. The number of nitrogens with two attached hydrogens (primary N) is 1. The van der Waals surface area contributed by atoms with Crippen LogP contribution in [-0.2, 0) is 21.5 Å². The van der Waals surface area contributed by atoms with Gasteiger partial charge in [-0.25, -0.2) is 5.14 Å². The summed E-state index contributed by atoms with van der Waals surface area (Å²) in [5, 5.41) is 5.17. The van der Waals surface area contributed by atoms with Crippen LogP contribution in [0.4, 0.5) is 0 Å². The van der Waals surface area contributed by atoms with Crippen LogP contribution >= 0.6 is 0 Å². The Labute approximate surface area is 149 Å². The zero-order valence-electron chi connectivity index (χ0n) is 14.4. The van der Waals surface area contributed by atoms with Gasteiger partial charge in [-0.15, -0.1) is 0 Å². The van der Waals surface area contributed by atoms with Gasteiger partial charge >= 0.3 is 0 Å². The normalized spacial score (nSPS) is 23.6. The van der Waals surface area contributed by atoms with Crippen LogP contribution in [0, 0.1) is 0 Å². The van der Waals surface area contributed by atoms with E-state index in [0.29, 0.717) is 13.1 Å². The number of amides is 1. The molecule has 2 fully saturated rings. The molecule has 0 saturated carbocycles. The Balaban J connectivity index is 1.63. The molecule has 7 nitrogen and oxygen atoms in total. The topological polar surface area (TPSA) is 87.0 Å². The fourth-order valence-corrected chi connectivity index (χ4v) is 4.32. The molecular formula is C17H26N4O3S. The summed E-state index contributed by atoms with van der Waals surface area (Å²) in [6, 6.07) is 10.1. The van der Waals surface area contributed by atoms with E-state index in [-0.39, 0.29) is 25.0 Å². The first-order chi connectivity index (χ1) is 11.9. The van der Waals surface area contributed by atoms with Crippen LogP contribution in [0.2, 0.25) is 0 Å². The lowest BCUT2D eigenvalue weighted by molar-refractivity contribution is -0.139. The largest absolute Gasteiger partial charge is 0.339 e. The Morgan fingerprint density at radius 3 is 2.36 bits per heavy atom. The molecule has 138 valence electrons. The summed E-state index contributed by atoms with van der Waals surface area (Å²) in [5.74, 6) is 0.115. The van der Waals surface area contributed by atoms with Crippen LogP contribution in [0.15, 0.2) is 30.3 Å². The number of hydrogen-bond acceptors (Lipinski definition) is 4. The van der Waals surface area contributed by atoms with Crippen molar-refractivity contribution < 1.29 is 13.2 Å². The van der Waals surface area contributed by atoms with Crippen molar-refractivity contribution in [2.75, 3.05) is 32.7 Å². The number of piperazine rings is 1. The van der Waals surface area contributed by atoms with E-state index in [0.717, 1.165) is 32.4 Å². The number of piperidine rings is 1. The molecule has 2 heterocycles. The van der Waals surface area contributed by atoms with Gasteiger partial charge in [0.25, 0.3) is 10.2 Å². The summed E-state index contributed by atoms with van der Waals surface area (Å²) in [5.41, 5.74) is 1.21. The smallest absolute Gasteiger partial charge is 0.277 e. The third kappa shape index (κ3) is 4.58. The highest BCUT2D eigenvalue weighted by Crippen LogP contribution is 2.22. The van der Waals surface area contributed by atoms with E-state index in [2.05, 4.69) is 17.0 Å². The van der Waals surface area contributed by atoms with Gasteiger partial charge in [0.15, 0.2) is 0 Å². The summed E-state index contributed by atoms with van der Waals surface area (Å²) < 4.78 is 24.1. The number of carbonyl (C=O) groups is 1. The van der Waals surface area contributed by atoms with E-state index in [1.54, 1.807) is 4.90 Å². The number of benzene rings is 1. The number of rotatable bonds is 4. The average Bonchev–Trinajstić information content (AvgIpc) is 2.62. The second-order valence-electron chi connectivity index (χ2n) is 6.74. The molecule has 1 unspecified atom stereocenters. The summed E-state index contributed by atoms with van der Waals surface area (Å²) in [6.45, 7) is 3.05. The Kier molecular flexibility index (Phi) is 5.73. The van der Waals surface area contributed by atoms with Crippen molar-refractivity contribution in [3.05, 3.63) is 35.9 Å². The molecule has 0 bridgehead atoms. The standard InChI is InChI=1S/C17H26N4O3S/c18-25(23,24)21-12-10-19(11-13-21)17(22)16-8-4-5-9-20(16)14-15-6-2-1-3-7-15/h1-3,6-7,16H,4-5,8-14H2,(H2,18,23,24). The van der Waals surface area contributed by atoms with Crippen molar-refractivity contribution in [1.82, 2.24) is 14.1 Å². The van der Waals surface area contributed by atoms with E-state index < -0.39 is 10.2 Å². The van der Waals surface area contributed by atoms with Gasteiger partial charge < -0.3 is 4.90 Å². The van der Waals surface area contributed by atoms with Crippen LogP contribution in [0.1, 0.15) is 24.8 Å². The van der Waals surface area contributed by atoms with E-state index >= 15 is 0 Å². The molecule has 0 aromatic heterocycles. The third-order valence-corrected chi connectivity index (χ3v) is 6.12. The van der Waals surface area contributed by atoms with Crippen molar-refractivity contribution in [2.24, 2.45) is 5.14 Å². The summed E-state index contributed by atoms with van der Waals surface area (Å²) in [7, 11) is -3.67. The molecule has 25 heavy (non-hydrogen) atoms. The molecule has 8 heteroatoms. The minimum Gasteiger partial charge on any atom is -0.339 e. The highest BCUT2D eigenvalue weighted by atomic mass is 32.2. The summed E-state index contributed by atoms with van der Waals surface area (Å²) >= 11 is 0. The SMILES string of the molecule is NS(=O)(=O)N1CCN(C(=O)C2CCCCN2Cc2ccccc2)CC1. The van der Waals surface area contributed by atoms with Gasteiger partial charge in [0.05, 0.1) is 6.04 Å². The van der Waals surface area contributed by atoms with Gasteiger partial charge in [0.1, 0.15) is 0 Å². The van der Waals surface area contributed by atoms with Gasteiger partial charge in [0.2, 0.25) is 5.91 Å². The van der Waals surface area contributed by atoms with Crippen LogP contribution in [0.25, 0.3) is 0 Å². The predicted molar refractivity (Wildman–Crippen MR) is 95.8 cm³/mol. The van der Waals surface area contributed by atoms with E-state index in [9.17, 15) is 13.2 Å². The summed E-state index contributed by atoms with van der Waals surface area (Å²) in [4.78, 5) is 17.0. The molecule has 0 radical (unpaired) electrons. The monoisotopic (exact) mass is 366 g/mol. The van der Waals surface area contributed by atoms with Crippen molar-refractivity contribution in [1.29, 1.82) is 0 Å². The summed E-state index contributed by atoms with van der Waals surface area (Å²) in [6.07, 6.45) is 3.02. The first kappa shape index (κ1) is 18.3. The highest BCUT2D eigenvalue weighted by Gasteiger charge is 2.34. The molecule has 1 aromatic rings. The first-order valence-electron chi connectivity index (χ1n) is 8.80. The number of carbonyl (C=O) groups excluding carboxylic acids is 1. The molecule has 0 spiro atoms. The van der Waals surface area contributed by atoms with E-state index in [1.807, 2.05) is 18.2 Å². The van der Waals surface area contributed by atoms with Crippen molar-refractivity contribution in [2.45, 2.75) is 31.8 Å². The molecular weight excluding hydrogens is 340 g/mol. The van der Waals surface area contributed by atoms with E-state index in [4.69, 9.17) is 5.14 Å². The molecule has 0 aliphatic carbocycles. The van der Waals surface area contributed by atoms with Crippen LogP contribution < -0.4 is 5.14 Å². The minimum atomic E-state index is -3.67. The quantitative estimate of drug-likeness (QED) is 0.835. The van der Waals surface area contributed by atoms with Crippen molar-refractivity contribution in [3.63, 3.8) is 0 Å². The van der Waals surface area contributed by atoms with Crippen LogP contribution in [0.5, 0.6) is 0 Å². The third-order valence-electron chi connectivity index (χ3n) is 5.04. The Morgan fingerprint density at radius 2 is 1.72 bits per heavy atom. The van der Waals surface area contributed by atoms with Gasteiger partial charge in [-0.1, -0.05) is 36.8 Å². The van der Waals surface area contributed by atoms with E-state index in [1.165, 1.54) is 9.87 Å². The molecule has 2 aliphatic heterocycles. The van der Waals surface area contributed by atoms with Crippen LogP contribution in [-0.4, -0.2) is 67.2 Å². The maximum Gasteiger partial charge on any atom is 0.277 e. The molecule has 2 N–H and O–H groups in total. The second-order valence-corrected chi connectivity index (χ2v) is 8.28. The number of likely N-dealkylation sites (tertiary alicyclic amines) is 1. The first-order valence-corrected chi connectivity index (χ1v) is 10.3. The molecule has 3 rings (SSSR count). The van der Waals surface area contributed by atoms with Gasteiger partial charge in [-0.3, -0.25) is 9.69 Å². The lowest BCUT2D eigenvalue weighted by Crippen LogP contribution is -2.57. The molecule has 1 atom stereocenters. The maximum absolute atomic E-state index is 13.0. The number of nitrogens with zero attached hydrogens (tertiary/aromatic N) is 3. The zero-order valence-corrected chi connectivity index (χ0v) is 15.2. The second kappa shape index (κ2) is 7.82. The van der Waals surface area contributed by atoms with Crippen molar-refractivity contribution >= 4 is 16.1 Å². The lowest BCUT2D eigenvalue weighted by atomic mass is 9.99. The molecule has 1 aromatic carbocycles. The fourth-order valence-electron chi connectivity index (χ4n) is 3.65. The van der Waals surface area contributed by atoms with Crippen LogP contribution in [0.3, 0.4) is 0 Å².